The van der Waals surface area contributed by atoms with Gasteiger partial charge >= 0.3 is 0 Å². The number of carbonyl (C=O) groups excluding carboxylic acids is 1. The largest absolute Gasteiger partial charge is 0.366 e. The summed E-state index contributed by atoms with van der Waals surface area (Å²) in [6.07, 6.45) is 1.94. The predicted octanol–water partition coefficient (Wildman–Crippen LogP) is 2.88. The minimum atomic E-state index is -0.231. The van der Waals surface area contributed by atoms with E-state index in [4.69, 9.17) is 4.74 Å². The van der Waals surface area contributed by atoms with Gasteiger partial charge in [-0.05, 0) is 18.4 Å². The summed E-state index contributed by atoms with van der Waals surface area (Å²) in [5.74, 6) is 0.173. The molecule has 0 bridgehead atoms. The smallest absolute Gasteiger partial charge is 0.165 e. The molecule has 0 N–H and O–H groups in total. The van der Waals surface area contributed by atoms with Gasteiger partial charge in [-0.15, -0.1) is 0 Å². The van der Waals surface area contributed by atoms with Crippen molar-refractivity contribution in [2.24, 2.45) is 0 Å². The van der Waals surface area contributed by atoms with Gasteiger partial charge < -0.3 is 4.74 Å². The lowest BCUT2D eigenvalue weighted by Gasteiger charge is -2.22. The number of ether oxygens (including phenoxy) is 1. The van der Waals surface area contributed by atoms with Crippen LogP contribution in [0.15, 0.2) is 42.5 Å². The Hall–Kier alpha value is -1.41. The highest BCUT2D eigenvalue weighted by Gasteiger charge is 2.24. The number of hydrogen-bond donors (Lipinski definition) is 0. The molecule has 2 heteroatoms. The van der Waals surface area contributed by atoms with Crippen LogP contribution in [-0.4, -0.2) is 11.9 Å². The number of Topliss-reactive ketones (excluding diaryl/α,β-unsaturated/α-hetero) is 1. The van der Waals surface area contributed by atoms with Gasteiger partial charge in [0.15, 0.2) is 5.78 Å². The van der Waals surface area contributed by atoms with Crippen molar-refractivity contribution in [3.8, 4) is 0 Å². The molecular weight excluding hydrogens is 200 g/mol. The first kappa shape index (κ1) is 11.1. The highest BCUT2D eigenvalue weighted by Crippen LogP contribution is 2.22. The number of benzene rings is 1. The molecule has 0 saturated heterocycles. The van der Waals surface area contributed by atoms with E-state index in [0.29, 0.717) is 13.0 Å². The SMILES string of the molecule is C=C1CCC(OCc2ccccc2)C(=O)C1. The predicted molar refractivity (Wildman–Crippen MR) is 63.0 cm³/mol. The number of ketones is 1. The van der Waals surface area contributed by atoms with Gasteiger partial charge in [-0.1, -0.05) is 42.5 Å². The van der Waals surface area contributed by atoms with E-state index in [9.17, 15) is 4.79 Å². The zero-order chi connectivity index (χ0) is 11.4. The van der Waals surface area contributed by atoms with Crippen molar-refractivity contribution in [3.63, 3.8) is 0 Å². The molecule has 0 heterocycles. The Labute approximate surface area is 95.9 Å². The monoisotopic (exact) mass is 216 g/mol. The third-order valence-corrected chi connectivity index (χ3v) is 2.84. The normalized spacial score (nSPS) is 21.1. The lowest BCUT2D eigenvalue weighted by atomic mass is 9.92. The molecule has 1 saturated carbocycles. The minimum absolute atomic E-state index is 0.173. The Bertz CT molecular complexity index is 381. The van der Waals surface area contributed by atoms with Gasteiger partial charge in [0, 0.05) is 6.42 Å². The molecule has 2 nitrogen and oxygen atoms in total. The molecule has 1 aliphatic rings. The summed E-state index contributed by atoms with van der Waals surface area (Å²) in [4.78, 5) is 11.6. The third-order valence-electron chi connectivity index (χ3n) is 2.84. The molecule has 0 spiro atoms. The zero-order valence-corrected chi connectivity index (χ0v) is 9.32. The number of allylic oxidation sites excluding steroid dienone is 1. The van der Waals surface area contributed by atoms with Crippen LogP contribution in [0.2, 0.25) is 0 Å². The van der Waals surface area contributed by atoms with E-state index in [2.05, 4.69) is 6.58 Å². The fourth-order valence-corrected chi connectivity index (χ4v) is 1.89. The molecule has 0 aliphatic heterocycles. The molecule has 84 valence electrons. The van der Waals surface area contributed by atoms with Crippen molar-refractivity contribution in [1.82, 2.24) is 0 Å². The van der Waals surface area contributed by atoms with Crippen LogP contribution in [0.3, 0.4) is 0 Å². The molecule has 0 amide bonds. The lowest BCUT2D eigenvalue weighted by molar-refractivity contribution is -0.132. The standard InChI is InChI=1S/C14H16O2/c1-11-7-8-14(13(15)9-11)16-10-12-5-3-2-4-6-12/h2-6,14H,1,7-10H2. The Kier molecular flexibility index (Phi) is 3.52. The van der Waals surface area contributed by atoms with Crippen LogP contribution >= 0.6 is 0 Å². The third kappa shape index (κ3) is 2.80. The molecule has 1 unspecified atom stereocenters. The molecule has 1 aliphatic carbocycles. The van der Waals surface area contributed by atoms with Crippen LogP contribution in [0, 0.1) is 0 Å². The number of rotatable bonds is 3. The summed E-state index contributed by atoms with van der Waals surface area (Å²) in [5, 5.41) is 0. The van der Waals surface area contributed by atoms with E-state index in [0.717, 1.165) is 24.0 Å². The Morgan fingerprint density at radius 1 is 1.31 bits per heavy atom. The van der Waals surface area contributed by atoms with Gasteiger partial charge in [-0.2, -0.15) is 0 Å². The quantitative estimate of drug-likeness (QED) is 0.726. The van der Waals surface area contributed by atoms with E-state index in [1.807, 2.05) is 30.3 Å². The van der Waals surface area contributed by atoms with Crippen LogP contribution in [0.4, 0.5) is 0 Å². The molecule has 16 heavy (non-hydrogen) atoms. The molecule has 0 radical (unpaired) electrons. The maximum absolute atomic E-state index is 11.6. The summed E-state index contributed by atoms with van der Waals surface area (Å²) in [5.41, 5.74) is 2.14. The molecule has 1 aromatic carbocycles. The van der Waals surface area contributed by atoms with E-state index in [1.165, 1.54) is 0 Å². The highest BCUT2D eigenvalue weighted by atomic mass is 16.5. The number of carbonyl (C=O) groups is 1. The summed E-state index contributed by atoms with van der Waals surface area (Å²) in [6, 6.07) is 9.93. The summed E-state index contributed by atoms with van der Waals surface area (Å²) >= 11 is 0. The van der Waals surface area contributed by atoms with E-state index >= 15 is 0 Å². The molecule has 0 aromatic heterocycles. The Balaban J connectivity index is 1.87. The van der Waals surface area contributed by atoms with Crippen LogP contribution in [0.1, 0.15) is 24.8 Å². The topological polar surface area (TPSA) is 26.3 Å². The Morgan fingerprint density at radius 3 is 2.75 bits per heavy atom. The average molecular weight is 216 g/mol. The first-order valence-electron chi connectivity index (χ1n) is 5.60. The van der Waals surface area contributed by atoms with Crippen molar-refractivity contribution in [2.45, 2.75) is 32.0 Å². The second-order valence-electron chi connectivity index (χ2n) is 4.22. The second kappa shape index (κ2) is 5.08. The van der Waals surface area contributed by atoms with Crippen LogP contribution in [0.25, 0.3) is 0 Å². The summed E-state index contributed by atoms with van der Waals surface area (Å²) in [6.45, 7) is 4.36. The Morgan fingerprint density at radius 2 is 2.06 bits per heavy atom. The maximum atomic E-state index is 11.6. The second-order valence-corrected chi connectivity index (χ2v) is 4.22. The van der Waals surface area contributed by atoms with Crippen LogP contribution < -0.4 is 0 Å². The van der Waals surface area contributed by atoms with Gasteiger partial charge in [0.2, 0.25) is 0 Å². The van der Waals surface area contributed by atoms with E-state index in [-0.39, 0.29) is 11.9 Å². The van der Waals surface area contributed by atoms with Crippen molar-refractivity contribution in [3.05, 3.63) is 48.0 Å². The van der Waals surface area contributed by atoms with Crippen molar-refractivity contribution in [2.75, 3.05) is 0 Å². The lowest BCUT2D eigenvalue weighted by Crippen LogP contribution is -2.28. The fourth-order valence-electron chi connectivity index (χ4n) is 1.89. The van der Waals surface area contributed by atoms with Crippen LogP contribution in [0.5, 0.6) is 0 Å². The molecule has 1 atom stereocenters. The zero-order valence-electron chi connectivity index (χ0n) is 9.32. The number of hydrogen-bond acceptors (Lipinski definition) is 2. The van der Waals surface area contributed by atoms with Crippen molar-refractivity contribution < 1.29 is 9.53 Å². The molecule has 1 fully saturated rings. The first-order valence-corrected chi connectivity index (χ1v) is 5.60. The van der Waals surface area contributed by atoms with Gasteiger partial charge in [-0.25, -0.2) is 0 Å². The van der Waals surface area contributed by atoms with E-state index in [1.54, 1.807) is 0 Å². The van der Waals surface area contributed by atoms with Crippen molar-refractivity contribution in [1.29, 1.82) is 0 Å². The van der Waals surface area contributed by atoms with Gasteiger partial charge in [0.1, 0.15) is 6.10 Å². The fraction of sp³-hybridized carbons (Fsp3) is 0.357. The first-order chi connectivity index (χ1) is 7.75. The highest BCUT2D eigenvalue weighted by molar-refractivity contribution is 5.86. The molecule has 2 rings (SSSR count). The van der Waals surface area contributed by atoms with Gasteiger partial charge in [-0.3, -0.25) is 4.79 Å². The van der Waals surface area contributed by atoms with Crippen LogP contribution in [-0.2, 0) is 16.1 Å². The summed E-state index contributed by atoms with van der Waals surface area (Å²) in [7, 11) is 0. The average Bonchev–Trinajstić information content (AvgIpc) is 2.29. The van der Waals surface area contributed by atoms with Crippen molar-refractivity contribution >= 4 is 5.78 Å². The molecular formula is C14H16O2. The summed E-state index contributed by atoms with van der Waals surface area (Å²) < 4.78 is 5.64. The van der Waals surface area contributed by atoms with E-state index < -0.39 is 0 Å². The maximum Gasteiger partial charge on any atom is 0.165 e. The molecule has 1 aromatic rings. The minimum Gasteiger partial charge on any atom is -0.366 e. The van der Waals surface area contributed by atoms with Gasteiger partial charge in [0.05, 0.1) is 6.61 Å². The van der Waals surface area contributed by atoms with Gasteiger partial charge in [0.25, 0.3) is 0 Å².